The number of hydrogen-bond acceptors (Lipinski definition) is 5. The summed E-state index contributed by atoms with van der Waals surface area (Å²) >= 11 is 2.14. The Labute approximate surface area is 159 Å². The second-order valence-electron chi connectivity index (χ2n) is 6.19. The molecule has 1 aliphatic rings. The van der Waals surface area contributed by atoms with Crippen LogP contribution in [0.25, 0.3) is 0 Å². The zero-order valence-corrected chi connectivity index (χ0v) is 18.1. The van der Waals surface area contributed by atoms with Gasteiger partial charge in [-0.3, -0.25) is 4.79 Å². The third kappa shape index (κ3) is 5.86. The molecule has 1 aromatic carbocycles. The number of rotatable bonds is 4. The van der Waals surface area contributed by atoms with Gasteiger partial charge in [-0.2, -0.15) is 0 Å². The van der Waals surface area contributed by atoms with E-state index in [1.165, 1.54) is 0 Å². The Bertz CT molecular complexity index is 576. The second-order valence-corrected chi connectivity index (χ2v) is 7.87. The number of fused-ring (bicyclic) bond motifs is 1. The number of carbonyl (C=O) groups excluding carboxylic acids is 1. The van der Waals surface area contributed by atoms with Gasteiger partial charge >= 0.3 is 13.1 Å². The topological polar surface area (TPSA) is 65.0 Å². The number of esters is 1. The molecule has 5 nitrogen and oxygen atoms in total. The van der Waals surface area contributed by atoms with Crippen molar-refractivity contribution >= 4 is 47.0 Å². The van der Waals surface area contributed by atoms with Gasteiger partial charge in [-0.05, 0) is 78.5 Å². The standard InChI is InChI=1S/C14H19BIO5P.C2H6/c1-8-5-9(21-22-16)6-10-13(8)11(20-15(10)18)7-12(17)19-14(2,3)4;1-2/h5-6,11,18,22H,7H2,1-4H3;1-2H3. The summed E-state index contributed by atoms with van der Waals surface area (Å²) in [5.41, 5.74) is 1.92. The molecular weight excluding hydrogens is 441 g/mol. The van der Waals surface area contributed by atoms with Crippen LogP contribution in [0.5, 0.6) is 5.75 Å². The van der Waals surface area contributed by atoms with E-state index in [1.54, 1.807) is 6.07 Å². The van der Waals surface area contributed by atoms with E-state index in [0.717, 1.165) is 11.1 Å². The first-order valence-electron chi connectivity index (χ1n) is 7.93. The van der Waals surface area contributed by atoms with Gasteiger partial charge in [-0.25, -0.2) is 0 Å². The molecule has 24 heavy (non-hydrogen) atoms. The average Bonchev–Trinajstić information content (AvgIpc) is 2.76. The van der Waals surface area contributed by atoms with Crippen molar-refractivity contribution in [3.63, 3.8) is 0 Å². The highest BCUT2D eigenvalue weighted by Crippen LogP contribution is 2.34. The third-order valence-electron chi connectivity index (χ3n) is 3.20. The minimum absolute atomic E-state index is 0.0798. The lowest BCUT2D eigenvalue weighted by Gasteiger charge is -2.21. The van der Waals surface area contributed by atoms with Gasteiger partial charge < -0.3 is 18.9 Å². The van der Waals surface area contributed by atoms with Crippen LogP contribution in [0.2, 0.25) is 0 Å². The van der Waals surface area contributed by atoms with Crippen LogP contribution in [0.3, 0.4) is 0 Å². The summed E-state index contributed by atoms with van der Waals surface area (Å²) in [6.07, 6.45) is -0.410. The van der Waals surface area contributed by atoms with Gasteiger partial charge in [0.15, 0.2) is 0 Å². The van der Waals surface area contributed by atoms with Crippen LogP contribution in [-0.4, -0.2) is 23.7 Å². The van der Waals surface area contributed by atoms with Gasteiger partial charge in [0.05, 0.1) is 12.5 Å². The van der Waals surface area contributed by atoms with E-state index in [-0.39, 0.29) is 12.4 Å². The Balaban J connectivity index is 0.00000139. The molecule has 0 aliphatic carbocycles. The molecule has 134 valence electrons. The highest BCUT2D eigenvalue weighted by molar-refractivity contribution is 14.2. The zero-order valence-electron chi connectivity index (χ0n) is 15.0. The summed E-state index contributed by atoms with van der Waals surface area (Å²) in [6, 6.07) is 3.67. The van der Waals surface area contributed by atoms with Crippen molar-refractivity contribution in [3.05, 3.63) is 23.3 Å². The number of hydrogen-bond donors (Lipinski definition) is 1. The van der Waals surface area contributed by atoms with E-state index in [0.29, 0.717) is 17.7 Å². The first kappa shape index (κ1) is 21.7. The maximum absolute atomic E-state index is 12.0. The summed E-state index contributed by atoms with van der Waals surface area (Å²) in [6.45, 7) is 11.7. The van der Waals surface area contributed by atoms with E-state index in [9.17, 15) is 9.82 Å². The van der Waals surface area contributed by atoms with Crippen molar-refractivity contribution in [2.75, 3.05) is 0 Å². The number of halogens is 1. The molecule has 8 heteroatoms. The molecule has 0 aromatic heterocycles. The van der Waals surface area contributed by atoms with Gasteiger partial charge in [0.2, 0.25) is 0 Å². The molecule has 0 spiro atoms. The van der Waals surface area contributed by atoms with Crippen molar-refractivity contribution in [1.82, 2.24) is 0 Å². The van der Waals surface area contributed by atoms with Crippen LogP contribution in [0, 0.1) is 6.92 Å². The molecule has 0 amide bonds. The smallest absolute Gasteiger partial charge is 0.467 e. The van der Waals surface area contributed by atoms with Crippen LogP contribution < -0.4 is 9.99 Å². The molecule has 0 bridgehead atoms. The fourth-order valence-corrected chi connectivity index (χ4v) is 3.49. The van der Waals surface area contributed by atoms with Crippen molar-refractivity contribution in [2.45, 2.75) is 59.7 Å². The third-order valence-corrected chi connectivity index (χ3v) is 4.18. The Kier molecular flexibility index (Phi) is 8.46. The lowest BCUT2D eigenvalue weighted by atomic mass is 9.77. The average molecular weight is 466 g/mol. The molecule has 0 saturated heterocycles. The lowest BCUT2D eigenvalue weighted by molar-refractivity contribution is -0.156. The Morgan fingerprint density at radius 2 is 2.04 bits per heavy atom. The lowest BCUT2D eigenvalue weighted by Crippen LogP contribution is -2.28. The van der Waals surface area contributed by atoms with Crippen LogP contribution in [0.4, 0.5) is 0 Å². The summed E-state index contributed by atoms with van der Waals surface area (Å²) in [7, 11) is -1.04. The molecule has 0 radical (unpaired) electrons. The van der Waals surface area contributed by atoms with Crippen LogP contribution in [0.15, 0.2) is 12.1 Å². The Morgan fingerprint density at radius 1 is 1.42 bits per heavy atom. The van der Waals surface area contributed by atoms with E-state index >= 15 is 0 Å². The van der Waals surface area contributed by atoms with Crippen molar-refractivity contribution in [3.8, 4) is 5.75 Å². The van der Waals surface area contributed by atoms with E-state index in [4.69, 9.17) is 13.9 Å². The molecular formula is C16H25BIO5P. The van der Waals surface area contributed by atoms with Gasteiger partial charge in [0.25, 0.3) is 0 Å². The minimum Gasteiger partial charge on any atom is -0.467 e. The normalized spacial score (nSPS) is 16.7. The molecule has 2 unspecified atom stereocenters. The predicted molar refractivity (Wildman–Crippen MR) is 107 cm³/mol. The minimum atomic E-state index is -1.04. The van der Waals surface area contributed by atoms with Crippen LogP contribution in [0.1, 0.15) is 58.3 Å². The van der Waals surface area contributed by atoms with Crippen molar-refractivity contribution < 1.29 is 23.7 Å². The summed E-state index contributed by atoms with van der Waals surface area (Å²) in [5, 5.41) is 10.1. The first-order valence-corrected chi connectivity index (χ1v) is 12.0. The van der Waals surface area contributed by atoms with E-state index in [2.05, 4.69) is 22.0 Å². The SMILES string of the molecule is CC.Cc1cc(OPI)cc2c1C(CC(=O)OC(C)(C)C)OB2O. The van der Waals surface area contributed by atoms with Gasteiger partial charge in [-0.15, -0.1) is 0 Å². The molecule has 0 fully saturated rings. The van der Waals surface area contributed by atoms with E-state index < -0.39 is 18.8 Å². The number of benzene rings is 1. The second kappa shape index (κ2) is 9.37. The summed E-state index contributed by atoms with van der Waals surface area (Å²) in [5.74, 6) is 0.357. The van der Waals surface area contributed by atoms with E-state index in [1.807, 2.05) is 47.6 Å². The molecule has 1 aliphatic heterocycles. The fourth-order valence-electron chi connectivity index (χ4n) is 2.52. The Morgan fingerprint density at radius 3 is 2.58 bits per heavy atom. The van der Waals surface area contributed by atoms with Gasteiger partial charge in [0.1, 0.15) is 17.8 Å². The summed E-state index contributed by atoms with van der Waals surface area (Å²) in [4.78, 5) is 12.0. The Hall–Kier alpha value is -0.365. The van der Waals surface area contributed by atoms with Crippen LogP contribution in [-0.2, 0) is 14.2 Å². The molecule has 1 aromatic rings. The molecule has 0 saturated carbocycles. The maximum atomic E-state index is 12.0. The summed E-state index contributed by atoms with van der Waals surface area (Å²) < 4.78 is 16.4. The van der Waals surface area contributed by atoms with Crippen molar-refractivity contribution in [1.29, 1.82) is 0 Å². The van der Waals surface area contributed by atoms with Crippen molar-refractivity contribution in [2.24, 2.45) is 0 Å². The number of aryl methyl sites for hydroxylation is 1. The largest absolute Gasteiger partial charge is 0.492 e. The predicted octanol–water partition coefficient (Wildman–Crippen LogP) is 3.83. The first-order chi connectivity index (χ1) is 11.2. The van der Waals surface area contributed by atoms with Gasteiger partial charge in [0, 0.05) is 0 Å². The fraction of sp³-hybridized carbons (Fsp3) is 0.562. The number of ether oxygens (including phenoxy) is 1. The molecule has 1 N–H and O–H groups in total. The highest BCUT2D eigenvalue weighted by Gasteiger charge is 2.38. The van der Waals surface area contributed by atoms with Crippen LogP contribution >= 0.6 is 28.5 Å². The molecule has 2 rings (SSSR count). The highest BCUT2D eigenvalue weighted by atomic mass is 127. The molecule has 2 atom stereocenters. The van der Waals surface area contributed by atoms with Gasteiger partial charge in [-0.1, -0.05) is 13.8 Å². The maximum Gasteiger partial charge on any atom is 0.492 e. The molecule has 1 heterocycles. The zero-order chi connectivity index (χ0) is 18.5. The quantitative estimate of drug-likeness (QED) is 0.317. The number of carbonyl (C=O) groups is 1. The monoisotopic (exact) mass is 466 g/mol.